The molecule has 6 nitrogen and oxygen atoms in total. The van der Waals surface area contributed by atoms with E-state index in [1.165, 1.54) is 24.5 Å². The Bertz CT molecular complexity index is 1080. The van der Waals surface area contributed by atoms with Crippen molar-refractivity contribution in [1.82, 2.24) is 9.97 Å². The van der Waals surface area contributed by atoms with E-state index in [1.807, 2.05) is 24.3 Å². The molecule has 0 saturated carbocycles. The second kappa shape index (κ2) is 6.34. The summed E-state index contributed by atoms with van der Waals surface area (Å²) in [5.41, 5.74) is 2.31. The first-order valence-electron chi connectivity index (χ1n) is 8.12. The number of hydrogen-bond donors (Lipinski definition) is 2. The lowest BCUT2D eigenvalue weighted by molar-refractivity contribution is -0.114. The first-order valence-corrected chi connectivity index (χ1v) is 8.94. The molecule has 2 N–H and O–H groups in total. The Kier molecular flexibility index (Phi) is 4.00. The van der Waals surface area contributed by atoms with E-state index in [4.69, 9.17) is 0 Å². The zero-order valence-electron chi connectivity index (χ0n) is 13.9. The molecule has 2 aromatic heterocycles. The van der Waals surface area contributed by atoms with Crippen molar-refractivity contribution in [2.24, 2.45) is 0 Å². The van der Waals surface area contributed by atoms with Crippen molar-refractivity contribution >= 4 is 44.8 Å². The average molecular weight is 365 g/mol. The molecule has 0 saturated heterocycles. The summed E-state index contributed by atoms with van der Waals surface area (Å²) in [5, 5.41) is 14.5. The number of para-hydroxylation sites is 1. The monoisotopic (exact) mass is 365 g/mol. The van der Waals surface area contributed by atoms with Gasteiger partial charge in [-0.25, -0.2) is 4.98 Å². The van der Waals surface area contributed by atoms with Gasteiger partial charge in [0, 0.05) is 29.6 Å². The van der Waals surface area contributed by atoms with E-state index < -0.39 is 0 Å². The molecular weight excluding hydrogens is 350 g/mol. The number of rotatable bonds is 3. The number of pyridine rings is 1. The van der Waals surface area contributed by atoms with Gasteiger partial charge in [-0.1, -0.05) is 29.5 Å². The molecule has 1 aliphatic carbocycles. The van der Waals surface area contributed by atoms with E-state index in [0.29, 0.717) is 39.7 Å². The number of nitrogens with zero attached hydrogens (tertiary/aromatic N) is 2. The number of nitrogens with one attached hydrogen (secondary N) is 1. The highest BCUT2D eigenvalue weighted by Crippen LogP contribution is 2.37. The fourth-order valence-corrected chi connectivity index (χ4v) is 4.03. The molecule has 1 aliphatic rings. The minimum Gasteiger partial charge on any atom is -0.506 e. The molecule has 1 amide bonds. The topological polar surface area (TPSA) is 92.2 Å². The van der Waals surface area contributed by atoms with Crippen molar-refractivity contribution in [2.75, 3.05) is 5.32 Å². The van der Waals surface area contributed by atoms with Gasteiger partial charge in [0.1, 0.15) is 5.76 Å². The molecule has 26 heavy (non-hydrogen) atoms. The van der Waals surface area contributed by atoms with Crippen LogP contribution in [0.15, 0.2) is 42.1 Å². The van der Waals surface area contributed by atoms with Crippen LogP contribution in [0.2, 0.25) is 0 Å². The van der Waals surface area contributed by atoms with Crippen LogP contribution in [0.3, 0.4) is 0 Å². The SMILES string of the molecule is CC(=O)Nc1nc2c(s1)C(O)=C(C(=O)c1cnc3ccccc3c1)CC2. The van der Waals surface area contributed by atoms with Crippen LogP contribution in [0.5, 0.6) is 0 Å². The molecule has 2 heterocycles. The number of aryl methyl sites for hydroxylation is 1. The van der Waals surface area contributed by atoms with E-state index in [9.17, 15) is 14.7 Å². The van der Waals surface area contributed by atoms with Gasteiger partial charge in [0.2, 0.25) is 5.91 Å². The smallest absolute Gasteiger partial charge is 0.223 e. The van der Waals surface area contributed by atoms with Crippen molar-refractivity contribution in [1.29, 1.82) is 0 Å². The minimum atomic E-state index is -0.235. The minimum absolute atomic E-state index is 0.0569. The fraction of sp³-hybridized carbons (Fsp3) is 0.158. The standard InChI is InChI=1S/C19H15N3O3S/c1-10(23)21-19-22-15-7-6-13(17(25)18(15)26-19)16(24)12-8-11-4-2-3-5-14(11)20-9-12/h2-5,8-9,25H,6-7H2,1H3,(H,21,22,23). The number of anilines is 1. The Morgan fingerprint density at radius 1 is 1.23 bits per heavy atom. The molecule has 0 bridgehead atoms. The molecule has 130 valence electrons. The Balaban J connectivity index is 1.71. The van der Waals surface area contributed by atoms with Gasteiger partial charge in [0.15, 0.2) is 10.9 Å². The summed E-state index contributed by atoms with van der Waals surface area (Å²) in [4.78, 5) is 33.3. The third-order valence-electron chi connectivity index (χ3n) is 4.22. The number of hydrogen-bond acceptors (Lipinski definition) is 6. The van der Waals surface area contributed by atoms with Gasteiger partial charge in [0.05, 0.1) is 16.1 Å². The number of thiazole rings is 1. The van der Waals surface area contributed by atoms with Gasteiger partial charge >= 0.3 is 0 Å². The van der Waals surface area contributed by atoms with E-state index in [2.05, 4.69) is 15.3 Å². The largest absolute Gasteiger partial charge is 0.506 e. The van der Waals surface area contributed by atoms with Crippen LogP contribution in [0.25, 0.3) is 16.7 Å². The molecule has 7 heteroatoms. The van der Waals surface area contributed by atoms with Gasteiger partial charge in [-0.15, -0.1) is 0 Å². The van der Waals surface area contributed by atoms with Gasteiger partial charge < -0.3 is 10.4 Å². The first kappa shape index (κ1) is 16.4. The van der Waals surface area contributed by atoms with Gasteiger partial charge in [-0.3, -0.25) is 14.6 Å². The number of carbonyl (C=O) groups excluding carboxylic acids is 2. The Morgan fingerprint density at radius 3 is 2.85 bits per heavy atom. The van der Waals surface area contributed by atoms with Crippen LogP contribution in [-0.4, -0.2) is 26.8 Å². The third kappa shape index (κ3) is 2.86. The summed E-state index contributed by atoms with van der Waals surface area (Å²) in [7, 11) is 0. The van der Waals surface area contributed by atoms with Crippen LogP contribution >= 0.6 is 11.3 Å². The molecule has 3 aromatic rings. The van der Waals surface area contributed by atoms with Crippen molar-refractivity contribution < 1.29 is 14.7 Å². The van der Waals surface area contributed by atoms with Crippen LogP contribution in [0.4, 0.5) is 5.13 Å². The zero-order chi connectivity index (χ0) is 18.3. The van der Waals surface area contributed by atoms with Crippen LogP contribution in [-0.2, 0) is 11.2 Å². The maximum atomic E-state index is 12.9. The van der Waals surface area contributed by atoms with Gasteiger partial charge in [-0.05, 0) is 25.0 Å². The number of amides is 1. The normalized spacial score (nSPS) is 13.6. The number of aliphatic hydroxyl groups is 1. The average Bonchev–Trinajstić information content (AvgIpc) is 3.04. The summed E-state index contributed by atoms with van der Waals surface area (Å²) < 4.78 is 0. The van der Waals surface area contributed by atoms with Gasteiger partial charge in [-0.2, -0.15) is 0 Å². The number of aliphatic hydroxyl groups excluding tert-OH is 1. The Labute approximate surface area is 153 Å². The summed E-state index contributed by atoms with van der Waals surface area (Å²) >= 11 is 1.17. The number of Topliss-reactive ketones (excluding diaryl/α,β-unsaturated/α-hetero) is 1. The highest BCUT2D eigenvalue weighted by Gasteiger charge is 2.28. The van der Waals surface area contributed by atoms with E-state index in [0.717, 1.165) is 10.9 Å². The molecule has 4 rings (SSSR count). The zero-order valence-corrected chi connectivity index (χ0v) is 14.8. The van der Waals surface area contributed by atoms with Gasteiger partial charge in [0.25, 0.3) is 0 Å². The number of benzene rings is 1. The Hall–Kier alpha value is -3.06. The summed E-state index contributed by atoms with van der Waals surface area (Å²) in [6.45, 7) is 1.40. The predicted octanol–water partition coefficient (Wildman–Crippen LogP) is 3.75. The molecule has 0 aliphatic heterocycles. The highest BCUT2D eigenvalue weighted by molar-refractivity contribution is 7.16. The van der Waals surface area contributed by atoms with Crippen molar-refractivity contribution in [3.8, 4) is 0 Å². The van der Waals surface area contributed by atoms with Crippen LogP contribution in [0, 0.1) is 0 Å². The Morgan fingerprint density at radius 2 is 2.04 bits per heavy atom. The quantitative estimate of drug-likeness (QED) is 0.690. The third-order valence-corrected chi connectivity index (χ3v) is 5.24. The highest BCUT2D eigenvalue weighted by atomic mass is 32.1. The lowest BCUT2D eigenvalue weighted by atomic mass is 9.93. The molecule has 0 radical (unpaired) electrons. The van der Waals surface area contributed by atoms with Crippen molar-refractivity contribution in [3.63, 3.8) is 0 Å². The molecule has 0 fully saturated rings. The van der Waals surface area contributed by atoms with Crippen LogP contribution < -0.4 is 5.32 Å². The fourth-order valence-electron chi connectivity index (χ4n) is 3.00. The second-order valence-corrected chi connectivity index (χ2v) is 7.05. The summed E-state index contributed by atoms with van der Waals surface area (Å²) in [6, 6.07) is 9.35. The summed E-state index contributed by atoms with van der Waals surface area (Å²) in [5.74, 6) is -0.516. The molecule has 0 unspecified atom stereocenters. The number of allylic oxidation sites excluding steroid dienone is 1. The second-order valence-electron chi connectivity index (χ2n) is 6.05. The van der Waals surface area contributed by atoms with E-state index in [1.54, 1.807) is 6.07 Å². The van der Waals surface area contributed by atoms with E-state index in [-0.39, 0.29) is 17.4 Å². The maximum absolute atomic E-state index is 12.9. The van der Waals surface area contributed by atoms with Crippen molar-refractivity contribution in [3.05, 3.63) is 58.2 Å². The number of fused-ring (bicyclic) bond motifs is 2. The molecular formula is C19H15N3O3S. The molecule has 0 spiro atoms. The lowest BCUT2D eigenvalue weighted by Crippen LogP contribution is -2.12. The predicted molar refractivity (Wildman–Crippen MR) is 100 cm³/mol. The van der Waals surface area contributed by atoms with E-state index >= 15 is 0 Å². The first-order chi connectivity index (χ1) is 12.5. The molecule has 1 aromatic carbocycles. The molecule has 0 atom stereocenters. The number of ketones is 1. The van der Waals surface area contributed by atoms with Crippen LogP contribution in [0.1, 0.15) is 34.3 Å². The summed E-state index contributed by atoms with van der Waals surface area (Å²) in [6.07, 6.45) is 2.47. The number of carbonyl (C=O) groups is 2. The maximum Gasteiger partial charge on any atom is 0.223 e. The number of aromatic nitrogens is 2. The van der Waals surface area contributed by atoms with Crippen molar-refractivity contribution in [2.45, 2.75) is 19.8 Å². The lowest BCUT2D eigenvalue weighted by Gasteiger charge is -2.14.